The number of nitrogens with one attached hydrogen (secondary N) is 1. The highest BCUT2D eigenvalue weighted by atomic mass is 19.1. The fourth-order valence-electron chi connectivity index (χ4n) is 0.319. The van der Waals surface area contributed by atoms with Gasteiger partial charge in [0, 0.05) is 13.2 Å². The molecule has 0 saturated heterocycles. The fraction of sp³-hybridized carbons (Fsp3) is 0.200. The standard InChI is InChI=1S/C5H8FN3O/c1-8-2-4(6)5(7)9-3-10/h2-3,8H,1H3,(H2,7,9,10)/b4-2+. The average Bonchev–Trinajstić information content (AvgIpc) is 1.89. The molecule has 0 saturated carbocycles. The van der Waals surface area contributed by atoms with Crippen molar-refractivity contribution >= 4 is 12.2 Å². The first-order chi connectivity index (χ1) is 4.72. The molecule has 56 valence electrons. The first-order valence-electron chi connectivity index (χ1n) is 2.52. The van der Waals surface area contributed by atoms with Crippen LogP contribution in [0.25, 0.3) is 0 Å². The molecule has 0 unspecified atom stereocenters. The second kappa shape index (κ2) is 4.49. The molecular weight excluding hydrogens is 137 g/mol. The lowest BCUT2D eigenvalue weighted by molar-refractivity contribution is -0.106. The van der Waals surface area contributed by atoms with Crippen molar-refractivity contribution in [3.8, 4) is 0 Å². The summed E-state index contributed by atoms with van der Waals surface area (Å²) in [5.41, 5.74) is 4.95. The predicted molar refractivity (Wildman–Crippen MR) is 35.9 cm³/mol. The molecule has 0 aliphatic rings. The number of nitrogens with two attached hydrogens (primary N) is 1. The number of hydrogen-bond acceptors (Lipinski definition) is 2. The summed E-state index contributed by atoms with van der Waals surface area (Å²) < 4.78 is 12.4. The van der Waals surface area contributed by atoms with Gasteiger partial charge in [-0.3, -0.25) is 4.79 Å². The largest absolute Gasteiger partial charge is 0.392 e. The topological polar surface area (TPSA) is 67.5 Å². The Labute approximate surface area is 57.6 Å². The van der Waals surface area contributed by atoms with Crippen molar-refractivity contribution in [1.82, 2.24) is 5.32 Å². The molecule has 0 atom stereocenters. The van der Waals surface area contributed by atoms with E-state index < -0.39 is 11.7 Å². The summed E-state index contributed by atoms with van der Waals surface area (Å²) in [7, 11) is 1.51. The molecule has 0 fully saturated rings. The van der Waals surface area contributed by atoms with E-state index in [-0.39, 0.29) is 6.41 Å². The first kappa shape index (κ1) is 8.61. The van der Waals surface area contributed by atoms with Crippen LogP contribution in [0.4, 0.5) is 4.39 Å². The Hall–Kier alpha value is -1.39. The molecule has 0 aliphatic heterocycles. The van der Waals surface area contributed by atoms with Gasteiger partial charge in [0.1, 0.15) is 0 Å². The summed E-state index contributed by atoms with van der Waals surface area (Å²) in [6.07, 6.45) is 1.18. The Morgan fingerprint density at radius 3 is 2.80 bits per heavy atom. The van der Waals surface area contributed by atoms with Gasteiger partial charge in [0.05, 0.1) is 0 Å². The van der Waals surface area contributed by atoms with Gasteiger partial charge in [0.25, 0.3) is 0 Å². The van der Waals surface area contributed by atoms with Crippen molar-refractivity contribution in [3.05, 3.63) is 12.0 Å². The quantitative estimate of drug-likeness (QED) is 0.320. The molecule has 0 aliphatic carbocycles. The number of carbonyl (C=O) groups is 1. The molecule has 10 heavy (non-hydrogen) atoms. The highest BCUT2D eigenvalue weighted by Crippen LogP contribution is 1.91. The van der Waals surface area contributed by atoms with Crippen molar-refractivity contribution in [2.45, 2.75) is 0 Å². The normalized spacial score (nSPS) is 13.0. The number of amides is 1. The molecule has 5 heteroatoms. The highest BCUT2D eigenvalue weighted by molar-refractivity contribution is 5.98. The number of amidine groups is 1. The molecular formula is C5H8FN3O. The molecule has 3 N–H and O–H groups in total. The van der Waals surface area contributed by atoms with Crippen molar-refractivity contribution in [2.24, 2.45) is 10.7 Å². The third-order valence-corrected chi connectivity index (χ3v) is 0.708. The van der Waals surface area contributed by atoms with Crippen LogP contribution in [0.1, 0.15) is 0 Å². The van der Waals surface area contributed by atoms with Crippen LogP contribution in [-0.4, -0.2) is 19.3 Å². The molecule has 0 aromatic rings. The van der Waals surface area contributed by atoms with Crippen molar-refractivity contribution in [1.29, 1.82) is 0 Å². The van der Waals surface area contributed by atoms with Gasteiger partial charge >= 0.3 is 0 Å². The maximum absolute atomic E-state index is 12.4. The Balaban J connectivity index is 4.19. The maximum Gasteiger partial charge on any atom is 0.234 e. The van der Waals surface area contributed by atoms with Crippen LogP contribution in [0.5, 0.6) is 0 Å². The third kappa shape index (κ3) is 2.81. The summed E-state index contributed by atoms with van der Waals surface area (Å²) >= 11 is 0. The number of nitrogens with zero attached hydrogens (tertiary/aromatic N) is 1. The summed E-state index contributed by atoms with van der Waals surface area (Å²) in [5, 5.41) is 2.39. The lowest BCUT2D eigenvalue weighted by atomic mass is 10.5. The lowest BCUT2D eigenvalue weighted by Crippen LogP contribution is -2.14. The molecule has 0 aromatic carbocycles. The van der Waals surface area contributed by atoms with E-state index >= 15 is 0 Å². The van der Waals surface area contributed by atoms with Gasteiger partial charge in [0.15, 0.2) is 11.7 Å². The van der Waals surface area contributed by atoms with Gasteiger partial charge in [-0.1, -0.05) is 0 Å². The maximum atomic E-state index is 12.4. The molecule has 4 nitrogen and oxygen atoms in total. The SMILES string of the molecule is CN/C=C(/F)C(N)=NC=O. The molecule has 0 bridgehead atoms. The second-order valence-electron chi connectivity index (χ2n) is 1.40. The molecule has 0 heterocycles. The first-order valence-corrected chi connectivity index (χ1v) is 2.52. The van der Waals surface area contributed by atoms with E-state index in [0.29, 0.717) is 0 Å². The second-order valence-corrected chi connectivity index (χ2v) is 1.40. The molecule has 0 spiro atoms. The molecule has 1 amide bonds. The summed E-state index contributed by atoms with van der Waals surface area (Å²) in [6.45, 7) is 0. The monoisotopic (exact) mass is 145 g/mol. The van der Waals surface area contributed by atoms with Crippen LogP contribution >= 0.6 is 0 Å². The van der Waals surface area contributed by atoms with Crippen LogP contribution < -0.4 is 11.1 Å². The third-order valence-electron chi connectivity index (χ3n) is 0.708. The molecule has 0 radical (unpaired) electrons. The number of halogens is 1. The van der Waals surface area contributed by atoms with Gasteiger partial charge in [-0.25, -0.2) is 4.39 Å². The van der Waals surface area contributed by atoms with Crippen molar-refractivity contribution in [3.63, 3.8) is 0 Å². The zero-order valence-corrected chi connectivity index (χ0v) is 5.47. The van der Waals surface area contributed by atoms with Crippen LogP contribution in [0.15, 0.2) is 17.0 Å². The van der Waals surface area contributed by atoms with Gasteiger partial charge < -0.3 is 11.1 Å². The highest BCUT2D eigenvalue weighted by Gasteiger charge is 1.97. The minimum Gasteiger partial charge on any atom is -0.392 e. The number of carbonyl (C=O) groups excluding carboxylic acids is 1. The Morgan fingerprint density at radius 2 is 2.40 bits per heavy atom. The van der Waals surface area contributed by atoms with Gasteiger partial charge in [-0.2, -0.15) is 4.99 Å². The number of hydrogen-bond donors (Lipinski definition) is 2. The van der Waals surface area contributed by atoms with Crippen LogP contribution in [0.3, 0.4) is 0 Å². The van der Waals surface area contributed by atoms with E-state index in [0.717, 1.165) is 6.20 Å². The van der Waals surface area contributed by atoms with Gasteiger partial charge in [-0.05, 0) is 0 Å². The average molecular weight is 145 g/mol. The van der Waals surface area contributed by atoms with Crippen LogP contribution in [0, 0.1) is 0 Å². The zero-order valence-electron chi connectivity index (χ0n) is 5.47. The fourth-order valence-corrected chi connectivity index (χ4v) is 0.319. The number of rotatable bonds is 3. The Bertz CT molecular complexity index is 176. The summed E-state index contributed by atoms with van der Waals surface area (Å²) in [4.78, 5) is 12.6. The van der Waals surface area contributed by atoms with E-state index in [4.69, 9.17) is 5.73 Å². The van der Waals surface area contributed by atoms with Crippen LogP contribution in [0.2, 0.25) is 0 Å². The summed E-state index contributed by atoms with van der Waals surface area (Å²) in [6, 6.07) is 0. The Morgan fingerprint density at radius 1 is 1.80 bits per heavy atom. The van der Waals surface area contributed by atoms with E-state index in [1.54, 1.807) is 0 Å². The lowest BCUT2D eigenvalue weighted by Gasteiger charge is -1.92. The van der Waals surface area contributed by atoms with E-state index in [1.807, 2.05) is 0 Å². The van der Waals surface area contributed by atoms with E-state index in [1.165, 1.54) is 7.05 Å². The smallest absolute Gasteiger partial charge is 0.234 e. The van der Waals surface area contributed by atoms with E-state index in [2.05, 4.69) is 10.3 Å². The van der Waals surface area contributed by atoms with Gasteiger partial charge in [-0.15, -0.1) is 0 Å². The summed E-state index contributed by atoms with van der Waals surface area (Å²) in [5.74, 6) is -1.18. The number of aliphatic imine (C=N–C) groups is 1. The van der Waals surface area contributed by atoms with Crippen molar-refractivity contribution < 1.29 is 9.18 Å². The zero-order chi connectivity index (χ0) is 7.98. The Kier molecular flexibility index (Phi) is 3.86. The van der Waals surface area contributed by atoms with Crippen molar-refractivity contribution in [2.75, 3.05) is 7.05 Å². The predicted octanol–water partition coefficient (Wildman–Crippen LogP) is -0.470. The van der Waals surface area contributed by atoms with E-state index in [9.17, 15) is 9.18 Å². The molecule has 0 rings (SSSR count). The minimum absolute atomic E-state index is 0.179. The molecule has 0 aromatic heterocycles. The van der Waals surface area contributed by atoms with Gasteiger partial charge in [0.2, 0.25) is 6.41 Å². The minimum atomic E-state index is -0.755. The van der Waals surface area contributed by atoms with Crippen LogP contribution in [-0.2, 0) is 4.79 Å².